The number of fused-ring (bicyclic) bond motifs is 1. The molecule has 0 radical (unpaired) electrons. The van der Waals surface area contributed by atoms with Crippen LogP contribution in [0.1, 0.15) is 5.82 Å². The van der Waals surface area contributed by atoms with Crippen LogP contribution in [-0.4, -0.2) is 51.8 Å². The van der Waals surface area contributed by atoms with E-state index in [4.69, 9.17) is 4.74 Å². The van der Waals surface area contributed by atoms with E-state index in [1.807, 2.05) is 18.2 Å². The standard InChI is InChI=1S/C14H16N6O2S/c1-20(14(21)18-13-19-15-8-23-13)6-5-12-16-10-4-3-9(22-2)7-11(10)17-12/h3-4,7-8H,5-6H2,1-2H3,(H,16,17)(H,18,19,21). The van der Waals surface area contributed by atoms with Gasteiger partial charge in [-0.1, -0.05) is 11.3 Å². The van der Waals surface area contributed by atoms with Crippen molar-refractivity contribution in [2.75, 3.05) is 26.0 Å². The summed E-state index contributed by atoms with van der Waals surface area (Å²) in [6.07, 6.45) is 0.622. The summed E-state index contributed by atoms with van der Waals surface area (Å²) in [4.78, 5) is 21.3. The number of methoxy groups -OCH3 is 1. The maximum Gasteiger partial charge on any atom is 0.323 e. The summed E-state index contributed by atoms with van der Waals surface area (Å²) in [6.45, 7) is 0.529. The first-order chi connectivity index (χ1) is 11.2. The van der Waals surface area contributed by atoms with Crippen molar-refractivity contribution in [3.8, 4) is 5.75 Å². The lowest BCUT2D eigenvalue weighted by atomic mass is 10.3. The number of hydrogen-bond donors (Lipinski definition) is 2. The molecule has 120 valence electrons. The highest BCUT2D eigenvalue weighted by atomic mass is 32.1. The van der Waals surface area contributed by atoms with Gasteiger partial charge in [-0.15, -0.1) is 10.2 Å². The van der Waals surface area contributed by atoms with E-state index in [0.717, 1.165) is 22.6 Å². The van der Waals surface area contributed by atoms with Gasteiger partial charge in [0.15, 0.2) is 0 Å². The molecule has 9 heteroatoms. The zero-order chi connectivity index (χ0) is 16.2. The molecule has 0 unspecified atom stereocenters. The normalized spacial score (nSPS) is 10.7. The number of hydrogen-bond acceptors (Lipinski definition) is 6. The Morgan fingerprint density at radius 1 is 1.48 bits per heavy atom. The summed E-state index contributed by atoms with van der Waals surface area (Å²) in [7, 11) is 3.35. The molecular formula is C14H16N6O2S. The number of rotatable bonds is 5. The number of amides is 2. The highest BCUT2D eigenvalue weighted by molar-refractivity contribution is 7.13. The molecule has 0 aliphatic rings. The number of carbonyl (C=O) groups is 1. The Balaban J connectivity index is 1.60. The summed E-state index contributed by atoms with van der Waals surface area (Å²) in [5.74, 6) is 1.60. The Morgan fingerprint density at radius 2 is 2.35 bits per heavy atom. The van der Waals surface area contributed by atoms with Crippen LogP contribution in [-0.2, 0) is 6.42 Å². The molecule has 3 aromatic rings. The Hall–Kier alpha value is -2.68. The van der Waals surface area contributed by atoms with Crippen LogP contribution in [0.2, 0.25) is 0 Å². The number of anilines is 1. The van der Waals surface area contributed by atoms with E-state index in [1.165, 1.54) is 11.3 Å². The lowest BCUT2D eigenvalue weighted by molar-refractivity contribution is 0.223. The first-order valence-corrected chi connectivity index (χ1v) is 7.84. The first kappa shape index (κ1) is 15.2. The number of ether oxygens (including phenoxy) is 1. The summed E-state index contributed by atoms with van der Waals surface area (Å²) < 4.78 is 5.19. The third-order valence-corrected chi connectivity index (χ3v) is 3.95. The van der Waals surface area contributed by atoms with Crippen LogP contribution in [0.15, 0.2) is 23.7 Å². The number of likely N-dealkylation sites (N-methyl/N-ethyl adjacent to an activating group) is 1. The third-order valence-electron chi connectivity index (χ3n) is 3.34. The quantitative estimate of drug-likeness (QED) is 0.746. The highest BCUT2D eigenvalue weighted by Crippen LogP contribution is 2.19. The summed E-state index contributed by atoms with van der Waals surface area (Å²) in [5, 5.41) is 10.6. The Bertz CT molecular complexity index is 801. The topological polar surface area (TPSA) is 96.0 Å². The van der Waals surface area contributed by atoms with E-state index in [2.05, 4.69) is 25.5 Å². The van der Waals surface area contributed by atoms with Crippen molar-refractivity contribution < 1.29 is 9.53 Å². The predicted octanol–water partition coefficient (Wildman–Crippen LogP) is 2.13. The lowest BCUT2D eigenvalue weighted by Crippen LogP contribution is -2.33. The maximum absolute atomic E-state index is 12.0. The Labute approximate surface area is 136 Å². The van der Waals surface area contributed by atoms with Crippen LogP contribution in [0.5, 0.6) is 5.75 Å². The van der Waals surface area contributed by atoms with Crippen LogP contribution in [0.3, 0.4) is 0 Å². The molecule has 0 spiro atoms. The monoisotopic (exact) mass is 332 g/mol. The zero-order valence-corrected chi connectivity index (χ0v) is 13.6. The zero-order valence-electron chi connectivity index (χ0n) is 12.7. The van der Waals surface area contributed by atoms with Gasteiger partial charge in [0.2, 0.25) is 5.13 Å². The fraction of sp³-hybridized carbons (Fsp3) is 0.286. The molecule has 23 heavy (non-hydrogen) atoms. The SMILES string of the molecule is COc1ccc2nc(CCN(C)C(=O)Nc3nncs3)[nH]c2c1. The number of carbonyl (C=O) groups excluding carboxylic acids is 1. The summed E-state index contributed by atoms with van der Waals surface area (Å²) in [6, 6.07) is 5.45. The molecule has 2 aromatic heterocycles. The number of nitrogens with one attached hydrogen (secondary N) is 2. The van der Waals surface area contributed by atoms with Gasteiger partial charge in [-0.3, -0.25) is 5.32 Å². The van der Waals surface area contributed by atoms with Gasteiger partial charge in [-0.2, -0.15) is 0 Å². The molecular weight excluding hydrogens is 316 g/mol. The molecule has 0 fully saturated rings. The average molecular weight is 332 g/mol. The van der Waals surface area contributed by atoms with E-state index in [9.17, 15) is 4.79 Å². The van der Waals surface area contributed by atoms with Gasteiger partial charge in [-0.25, -0.2) is 9.78 Å². The van der Waals surface area contributed by atoms with Crippen molar-refractivity contribution in [1.82, 2.24) is 25.1 Å². The van der Waals surface area contributed by atoms with E-state index < -0.39 is 0 Å². The maximum atomic E-state index is 12.0. The van der Waals surface area contributed by atoms with Crippen molar-refractivity contribution >= 4 is 33.5 Å². The molecule has 3 rings (SSSR count). The number of aromatic nitrogens is 4. The largest absolute Gasteiger partial charge is 0.497 e. The Kier molecular flexibility index (Phi) is 4.38. The molecule has 2 heterocycles. The van der Waals surface area contributed by atoms with Gasteiger partial charge in [0.05, 0.1) is 18.1 Å². The molecule has 0 aliphatic carbocycles. The lowest BCUT2D eigenvalue weighted by Gasteiger charge is -2.15. The number of benzene rings is 1. The van der Waals surface area contributed by atoms with Crippen LogP contribution >= 0.6 is 11.3 Å². The smallest absolute Gasteiger partial charge is 0.323 e. The molecule has 0 atom stereocenters. The Morgan fingerprint density at radius 3 is 3.09 bits per heavy atom. The minimum absolute atomic E-state index is 0.223. The highest BCUT2D eigenvalue weighted by Gasteiger charge is 2.12. The summed E-state index contributed by atoms with van der Waals surface area (Å²) >= 11 is 1.28. The van der Waals surface area contributed by atoms with E-state index >= 15 is 0 Å². The second-order valence-corrected chi connectivity index (χ2v) is 5.75. The fourth-order valence-corrected chi connectivity index (χ4v) is 2.51. The third kappa shape index (κ3) is 3.57. The van der Waals surface area contributed by atoms with Gasteiger partial charge >= 0.3 is 6.03 Å². The van der Waals surface area contributed by atoms with Crippen molar-refractivity contribution in [3.05, 3.63) is 29.5 Å². The van der Waals surface area contributed by atoms with Crippen molar-refractivity contribution in [2.24, 2.45) is 0 Å². The molecule has 2 N–H and O–H groups in total. The second kappa shape index (κ2) is 6.61. The second-order valence-electron chi connectivity index (χ2n) is 4.91. The van der Waals surface area contributed by atoms with Crippen LogP contribution in [0.25, 0.3) is 11.0 Å². The van der Waals surface area contributed by atoms with E-state index in [0.29, 0.717) is 18.1 Å². The van der Waals surface area contributed by atoms with Crippen molar-refractivity contribution in [3.63, 3.8) is 0 Å². The van der Waals surface area contributed by atoms with Gasteiger partial charge in [-0.05, 0) is 12.1 Å². The van der Waals surface area contributed by atoms with Gasteiger partial charge in [0.1, 0.15) is 17.1 Å². The first-order valence-electron chi connectivity index (χ1n) is 6.96. The number of aromatic amines is 1. The average Bonchev–Trinajstić information content (AvgIpc) is 3.20. The number of H-pyrrole nitrogens is 1. The number of imidazole rings is 1. The molecule has 0 saturated heterocycles. The van der Waals surface area contributed by atoms with Gasteiger partial charge < -0.3 is 14.6 Å². The van der Waals surface area contributed by atoms with Crippen LogP contribution in [0, 0.1) is 0 Å². The van der Waals surface area contributed by atoms with Crippen molar-refractivity contribution in [2.45, 2.75) is 6.42 Å². The minimum atomic E-state index is -0.223. The predicted molar refractivity (Wildman–Crippen MR) is 87.9 cm³/mol. The minimum Gasteiger partial charge on any atom is -0.497 e. The van der Waals surface area contributed by atoms with E-state index in [-0.39, 0.29) is 6.03 Å². The fourth-order valence-electron chi connectivity index (χ4n) is 2.08. The van der Waals surface area contributed by atoms with Crippen LogP contribution in [0.4, 0.5) is 9.93 Å². The number of urea groups is 1. The van der Waals surface area contributed by atoms with Gasteiger partial charge in [0.25, 0.3) is 0 Å². The van der Waals surface area contributed by atoms with Crippen molar-refractivity contribution in [1.29, 1.82) is 0 Å². The van der Waals surface area contributed by atoms with Crippen LogP contribution < -0.4 is 10.1 Å². The molecule has 0 saturated carbocycles. The molecule has 8 nitrogen and oxygen atoms in total. The van der Waals surface area contributed by atoms with E-state index in [1.54, 1.807) is 24.6 Å². The summed E-state index contributed by atoms with van der Waals surface area (Å²) in [5.41, 5.74) is 3.36. The number of nitrogens with zero attached hydrogens (tertiary/aromatic N) is 4. The molecule has 1 aromatic carbocycles. The molecule has 0 bridgehead atoms. The molecule has 2 amide bonds. The van der Waals surface area contributed by atoms with Gasteiger partial charge in [0, 0.05) is 26.1 Å². The molecule has 0 aliphatic heterocycles.